The van der Waals surface area contributed by atoms with Gasteiger partial charge in [0, 0.05) is 12.6 Å². The zero-order chi connectivity index (χ0) is 12.6. The lowest BCUT2D eigenvalue weighted by molar-refractivity contribution is 0.247. The first-order valence-electron chi connectivity index (χ1n) is 6.50. The molecule has 96 valence electrons. The van der Waals surface area contributed by atoms with Gasteiger partial charge in [0.2, 0.25) is 5.89 Å². The van der Waals surface area contributed by atoms with Crippen LogP contribution in [-0.4, -0.2) is 11.5 Å². The molecule has 1 aromatic heterocycles. The molecule has 3 rings (SSSR count). The second kappa shape index (κ2) is 4.35. The van der Waals surface area contributed by atoms with Crippen LogP contribution in [0.3, 0.4) is 0 Å². The van der Waals surface area contributed by atoms with E-state index in [1.807, 2.05) is 0 Å². The Morgan fingerprint density at radius 2 is 2.06 bits per heavy atom. The van der Waals surface area contributed by atoms with E-state index >= 15 is 0 Å². The van der Waals surface area contributed by atoms with Crippen LogP contribution in [0.15, 0.2) is 22.6 Å². The van der Waals surface area contributed by atoms with Crippen LogP contribution in [0.1, 0.15) is 38.0 Å². The average molecular weight is 248 g/mol. The van der Waals surface area contributed by atoms with E-state index < -0.39 is 0 Å². The van der Waals surface area contributed by atoms with Gasteiger partial charge in [0.1, 0.15) is 11.3 Å². The van der Waals surface area contributed by atoms with Crippen molar-refractivity contribution in [2.24, 2.45) is 5.73 Å². The van der Waals surface area contributed by atoms with Gasteiger partial charge in [-0.15, -0.1) is 0 Å². The van der Waals surface area contributed by atoms with E-state index in [2.05, 4.69) is 4.98 Å². The molecule has 3 nitrogen and oxygen atoms in total. The van der Waals surface area contributed by atoms with Crippen LogP contribution in [-0.2, 0) is 5.41 Å². The molecule has 2 aromatic rings. The Labute approximate surface area is 105 Å². The minimum atomic E-state index is -0.296. The molecule has 0 spiro atoms. The summed E-state index contributed by atoms with van der Waals surface area (Å²) in [6.45, 7) is 0.544. The molecule has 4 heteroatoms. The SMILES string of the molecule is NCC1(c2nc3ccc(F)cc3o2)CCCCC1. The fourth-order valence-electron chi connectivity index (χ4n) is 2.86. The van der Waals surface area contributed by atoms with Gasteiger partial charge in [-0.25, -0.2) is 9.37 Å². The first kappa shape index (κ1) is 11.7. The zero-order valence-electron chi connectivity index (χ0n) is 10.3. The van der Waals surface area contributed by atoms with Gasteiger partial charge in [0.25, 0.3) is 0 Å². The smallest absolute Gasteiger partial charge is 0.202 e. The second-order valence-corrected chi connectivity index (χ2v) is 5.18. The molecule has 18 heavy (non-hydrogen) atoms. The third-order valence-corrected chi connectivity index (χ3v) is 4.01. The number of rotatable bonds is 2. The molecule has 0 saturated heterocycles. The molecule has 1 aromatic carbocycles. The number of hydrogen-bond donors (Lipinski definition) is 1. The van der Waals surface area contributed by atoms with Crippen molar-refractivity contribution >= 4 is 11.1 Å². The third kappa shape index (κ3) is 1.81. The lowest BCUT2D eigenvalue weighted by atomic mass is 9.74. The molecular weight excluding hydrogens is 231 g/mol. The van der Waals surface area contributed by atoms with Crippen molar-refractivity contribution in [3.8, 4) is 0 Å². The van der Waals surface area contributed by atoms with Crippen molar-refractivity contribution in [3.63, 3.8) is 0 Å². The lowest BCUT2D eigenvalue weighted by Gasteiger charge is -2.32. The van der Waals surface area contributed by atoms with E-state index in [4.69, 9.17) is 10.2 Å². The monoisotopic (exact) mass is 248 g/mol. The summed E-state index contributed by atoms with van der Waals surface area (Å²) in [5.41, 5.74) is 7.03. The van der Waals surface area contributed by atoms with Gasteiger partial charge in [0.05, 0.1) is 5.41 Å². The molecule has 1 aliphatic rings. The first-order valence-corrected chi connectivity index (χ1v) is 6.50. The number of benzene rings is 1. The maximum absolute atomic E-state index is 13.2. The highest BCUT2D eigenvalue weighted by Crippen LogP contribution is 2.39. The number of nitrogens with two attached hydrogens (primary N) is 1. The summed E-state index contributed by atoms with van der Waals surface area (Å²) < 4.78 is 18.9. The molecule has 0 radical (unpaired) electrons. The standard InChI is InChI=1S/C14H17FN2O/c15-10-4-5-11-12(8-10)18-13(17-11)14(9-16)6-2-1-3-7-14/h4-5,8H,1-3,6-7,9,16H2. The van der Waals surface area contributed by atoms with Crippen LogP contribution in [0.5, 0.6) is 0 Å². The fraction of sp³-hybridized carbons (Fsp3) is 0.500. The molecule has 0 bridgehead atoms. The van der Waals surface area contributed by atoms with Crippen LogP contribution in [0.4, 0.5) is 4.39 Å². The highest BCUT2D eigenvalue weighted by molar-refractivity contribution is 5.72. The number of aromatic nitrogens is 1. The van der Waals surface area contributed by atoms with Crippen molar-refractivity contribution in [3.05, 3.63) is 29.9 Å². The number of hydrogen-bond acceptors (Lipinski definition) is 3. The van der Waals surface area contributed by atoms with E-state index in [1.165, 1.54) is 18.6 Å². The van der Waals surface area contributed by atoms with Crippen molar-refractivity contribution in [1.29, 1.82) is 0 Å². The number of fused-ring (bicyclic) bond motifs is 1. The maximum Gasteiger partial charge on any atom is 0.202 e. The van der Waals surface area contributed by atoms with E-state index in [0.29, 0.717) is 23.5 Å². The zero-order valence-corrected chi connectivity index (χ0v) is 10.3. The Morgan fingerprint density at radius 3 is 2.78 bits per heavy atom. The Morgan fingerprint density at radius 1 is 1.28 bits per heavy atom. The Balaban J connectivity index is 2.06. The molecule has 0 aliphatic heterocycles. The van der Waals surface area contributed by atoms with Gasteiger partial charge >= 0.3 is 0 Å². The number of halogens is 1. The third-order valence-electron chi connectivity index (χ3n) is 4.01. The van der Waals surface area contributed by atoms with Crippen molar-refractivity contribution in [2.45, 2.75) is 37.5 Å². The van der Waals surface area contributed by atoms with E-state index in [1.54, 1.807) is 6.07 Å². The van der Waals surface area contributed by atoms with Gasteiger partial charge in [-0.2, -0.15) is 0 Å². The molecule has 2 N–H and O–H groups in total. The Kier molecular flexibility index (Phi) is 2.82. The highest BCUT2D eigenvalue weighted by Gasteiger charge is 2.37. The lowest BCUT2D eigenvalue weighted by Crippen LogP contribution is -2.37. The summed E-state index contributed by atoms with van der Waals surface area (Å²) in [7, 11) is 0. The molecule has 0 atom stereocenters. The number of nitrogens with zero attached hydrogens (tertiary/aromatic N) is 1. The van der Waals surface area contributed by atoms with Crippen molar-refractivity contribution in [1.82, 2.24) is 4.98 Å². The van der Waals surface area contributed by atoms with Crippen LogP contribution in [0.2, 0.25) is 0 Å². The van der Waals surface area contributed by atoms with Gasteiger partial charge < -0.3 is 10.2 Å². The van der Waals surface area contributed by atoms with Crippen molar-refractivity contribution in [2.75, 3.05) is 6.54 Å². The van der Waals surface area contributed by atoms with Crippen LogP contribution >= 0.6 is 0 Å². The molecule has 1 saturated carbocycles. The van der Waals surface area contributed by atoms with E-state index in [0.717, 1.165) is 25.7 Å². The second-order valence-electron chi connectivity index (χ2n) is 5.18. The van der Waals surface area contributed by atoms with Gasteiger partial charge in [-0.3, -0.25) is 0 Å². The summed E-state index contributed by atoms with van der Waals surface area (Å²) in [4.78, 5) is 4.51. The van der Waals surface area contributed by atoms with Crippen molar-refractivity contribution < 1.29 is 8.81 Å². The summed E-state index contributed by atoms with van der Waals surface area (Å²) in [6, 6.07) is 4.45. The van der Waals surface area contributed by atoms with Gasteiger partial charge in [0.15, 0.2) is 5.58 Å². The molecule has 1 fully saturated rings. The highest BCUT2D eigenvalue weighted by atomic mass is 19.1. The fourth-order valence-corrected chi connectivity index (χ4v) is 2.86. The Bertz CT molecular complexity index is 558. The normalized spacial score (nSPS) is 19.2. The summed E-state index contributed by atoms with van der Waals surface area (Å²) >= 11 is 0. The first-order chi connectivity index (χ1) is 8.73. The summed E-state index contributed by atoms with van der Waals surface area (Å²) in [6.07, 6.45) is 5.59. The quantitative estimate of drug-likeness (QED) is 0.888. The topological polar surface area (TPSA) is 52.0 Å². The Hall–Kier alpha value is -1.42. The number of oxazole rings is 1. The van der Waals surface area contributed by atoms with E-state index in [9.17, 15) is 4.39 Å². The molecular formula is C14H17FN2O. The summed E-state index contributed by atoms with van der Waals surface area (Å²) in [5.74, 6) is 0.390. The van der Waals surface area contributed by atoms with E-state index in [-0.39, 0.29) is 11.2 Å². The largest absolute Gasteiger partial charge is 0.440 e. The molecule has 1 heterocycles. The summed E-state index contributed by atoms with van der Waals surface area (Å²) in [5, 5.41) is 0. The van der Waals surface area contributed by atoms with Crippen LogP contribution in [0.25, 0.3) is 11.1 Å². The average Bonchev–Trinajstić information content (AvgIpc) is 2.83. The maximum atomic E-state index is 13.2. The van der Waals surface area contributed by atoms with Crippen LogP contribution < -0.4 is 5.73 Å². The predicted molar refractivity (Wildman–Crippen MR) is 67.8 cm³/mol. The minimum absolute atomic E-state index is 0.145. The van der Waals surface area contributed by atoms with Gasteiger partial charge in [-0.1, -0.05) is 19.3 Å². The van der Waals surface area contributed by atoms with Crippen LogP contribution in [0, 0.1) is 5.82 Å². The molecule has 0 unspecified atom stereocenters. The molecule has 1 aliphatic carbocycles. The predicted octanol–water partition coefficient (Wildman–Crippen LogP) is 3.13. The minimum Gasteiger partial charge on any atom is -0.440 e. The van der Waals surface area contributed by atoms with Gasteiger partial charge in [-0.05, 0) is 25.0 Å². The molecule has 0 amide bonds.